The predicted molar refractivity (Wildman–Crippen MR) is 91.1 cm³/mol. The van der Waals surface area contributed by atoms with E-state index in [-0.39, 0.29) is 5.92 Å². The van der Waals surface area contributed by atoms with Gasteiger partial charge < -0.3 is 0 Å². The number of benzene rings is 1. The third kappa shape index (κ3) is 4.45. The molecule has 0 unspecified atom stereocenters. The highest BCUT2D eigenvalue weighted by molar-refractivity contribution is 7.98. The highest BCUT2D eigenvalue weighted by Gasteiger charge is 2.27. The Morgan fingerprint density at radius 3 is 2.86 bits per heavy atom. The smallest absolute Gasteiger partial charge is 0.168 e. The van der Waals surface area contributed by atoms with E-state index in [1.165, 1.54) is 5.57 Å². The van der Waals surface area contributed by atoms with Crippen molar-refractivity contribution in [2.45, 2.75) is 31.6 Å². The minimum Gasteiger partial charge on any atom is -0.299 e. The summed E-state index contributed by atoms with van der Waals surface area (Å²) in [6.45, 7) is 7.22. The van der Waals surface area contributed by atoms with Crippen molar-refractivity contribution in [2.24, 2.45) is 5.92 Å². The molecule has 0 aliphatic carbocycles. The number of hydrogen-bond donors (Lipinski definition) is 0. The molecule has 1 atom stereocenters. The van der Waals surface area contributed by atoms with Crippen LogP contribution in [0, 0.1) is 5.92 Å². The van der Waals surface area contributed by atoms with Crippen LogP contribution in [0.15, 0.2) is 40.8 Å². The van der Waals surface area contributed by atoms with Gasteiger partial charge in [-0.15, -0.1) is 11.8 Å². The van der Waals surface area contributed by atoms with Gasteiger partial charge in [-0.25, -0.2) is 0 Å². The van der Waals surface area contributed by atoms with Crippen LogP contribution in [0.25, 0.3) is 0 Å². The summed E-state index contributed by atoms with van der Waals surface area (Å²) in [5.74, 6) is 0.472. The maximum Gasteiger partial charge on any atom is 0.168 e. The Morgan fingerprint density at radius 2 is 2.14 bits per heavy atom. The van der Waals surface area contributed by atoms with Gasteiger partial charge in [0.1, 0.15) is 0 Å². The molecule has 0 N–H and O–H groups in total. The third-order valence-corrected chi connectivity index (χ3v) is 4.80. The van der Waals surface area contributed by atoms with Gasteiger partial charge in [0.25, 0.3) is 0 Å². The highest BCUT2D eigenvalue weighted by Crippen LogP contribution is 2.26. The fraction of sp³-hybridized carbons (Fsp3) is 0.500. The maximum absolute atomic E-state index is 12.8. The number of allylic oxidation sites excluding steroid dienone is 1. The number of Topliss-reactive ketones (excluding diaryl/α,β-unsaturated/α-hetero) is 1. The molecule has 0 bridgehead atoms. The minimum absolute atomic E-state index is 0.151. The summed E-state index contributed by atoms with van der Waals surface area (Å²) in [5.41, 5.74) is 2.25. The second kappa shape index (κ2) is 7.81. The van der Waals surface area contributed by atoms with E-state index < -0.39 is 0 Å². The SMILES string of the molecule is CSc1ccccc1C(=O)[C@H]1CCCN(CC=C(C)C)C1. The Morgan fingerprint density at radius 1 is 1.38 bits per heavy atom. The van der Waals surface area contributed by atoms with Gasteiger partial charge in [0.05, 0.1) is 0 Å². The Bertz CT molecular complexity index is 520. The first-order valence-electron chi connectivity index (χ1n) is 7.64. The molecule has 2 rings (SSSR count). The van der Waals surface area contributed by atoms with Crippen molar-refractivity contribution in [3.8, 4) is 0 Å². The monoisotopic (exact) mass is 303 g/mol. The third-order valence-electron chi connectivity index (χ3n) is 4.01. The van der Waals surface area contributed by atoms with E-state index in [0.29, 0.717) is 5.78 Å². The molecule has 21 heavy (non-hydrogen) atoms. The van der Waals surface area contributed by atoms with Crippen LogP contribution in [-0.4, -0.2) is 36.6 Å². The summed E-state index contributed by atoms with van der Waals surface area (Å²) in [5, 5.41) is 0. The summed E-state index contributed by atoms with van der Waals surface area (Å²) in [6.07, 6.45) is 6.43. The predicted octanol–water partition coefficient (Wildman–Crippen LogP) is 4.27. The second-order valence-corrected chi connectivity index (χ2v) is 6.79. The van der Waals surface area contributed by atoms with Gasteiger partial charge >= 0.3 is 0 Å². The first-order chi connectivity index (χ1) is 10.1. The van der Waals surface area contributed by atoms with E-state index in [0.717, 1.165) is 42.9 Å². The average molecular weight is 303 g/mol. The van der Waals surface area contributed by atoms with Crippen LogP contribution in [0.1, 0.15) is 37.0 Å². The molecule has 0 aromatic heterocycles. The molecule has 1 aliphatic rings. The fourth-order valence-electron chi connectivity index (χ4n) is 2.82. The number of thioether (sulfide) groups is 1. The molecule has 114 valence electrons. The topological polar surface area (TPSA) is 20.3 Å². The highest BCUT2D eigenvalue weighted by atomic mass is 32.2. The van der Waals surface area contributed by atoms with Crippen LogP contribution in [0.2, 0.25) is 0 Å². The van der Waals surface area contributed by atoms with Crippen molar-refractivity contribution in [2.75, 3.05) is 25.9 Å². The normalized spacial score (nSPS) is 19.3. The standard InChI is InChI=1S/C18H25NOS/c1-14(2)10-12-19-11-6-7-15(13-19)18(20)16-8-4-5-9-17(16)21-3/h4-5,8-10,15H,6-7,11-13H2,1-3H3/t15-/m0/s1. The molecule has 0 amide bonds. The molecule has 1 aromatic rings. The van der Waals surface area contributed by atoms with Crippen LogP contribution in [0.4, 0.5) is 0 Å². The Hall–Kier alpha value is -1.06. The fourth-order valence-corrected chi connectivity index (χ4v) is 3.42. The van der Waals surface area contributed by atoms with E-state index in [1.54, 1.807) is 11.8 Å². The summed E-state index contributed by atoms with van der Waals surface area (Å²) in [6, 6.07) is 7.99. The zero-order chi connectivity index (χ0) is 15.2. The number of carbonyl (C=O) groups is 1. The average Bonchev–Trinajstić information content (AvgIpc) is 2.52. The number of nitrogens with zero attached hydrogens (tertiary/aromatic N) is 1. The molecular formula is C18H25NOS. The number of hydrogen-bond acceptors (Lipinski definition) is 3. The maximum atomic E-state index is 12.8. The molecule has 1 saturated heterocycles. The van der Waals surface area contributed by atoms with E-state index in [2.05, 4.69) is 24.8 Å². The molecular weight excluding hydrogens is 278 g/mol. The lowest BCUT2D eigenvalue weighted by molar-refractivity contribution is 0.0828. The van der Waals surface area contributed by atoms with Crippen molar-refractivity contribution >= 4 is 17.5 Å². The quantitative estimate of drug-likeness (QED) is 0.460. The van der Waals surface area contributed by atoms with Gasteiger partial charge in [-0.05, 0) is 45.6 Å². The molecule has 3 heteroatoms. The number of likely N-dealkylation sites (tertiary alicyclic amines) is 1. The number of carbonyl (C=O) groups excluding carboxylic acids is 1. The van der Waals surface area contributed by atoms with E-state index in [9.17, 15) is 4.79 Å². The van der Waals surface area contributed by atoms with Gasteiger partial charge in [0.2, 0.25) is 0 Å². The molecule has 1 aromatic carbocycles. The van der Waals surface area contributed by atoms with Crippen molar-refractivity contribution in [3.63, 3.8) is 0 Å². The van der Waals surface area contributed by atoms with Gasteiger partial charge in [-0.2, -0.15) is 0 Å². The van der Waals surface area contributed by atoms with Crippen LogP contribution in [0.5, 0.6) is 0 Å². The summed E-state index contributed by atoms with van der Waals surface area (Å²) in [7, 11) is 0. The largest absolute Gasteiger partial charge is 0.299 e. The zero-order valence-electron chi connectivity index (χ0n) is 13.3. The lowest BCUT2D eigenvalue weighted by Crippen LogP contribution is -2.38. The lowest BCUT2D eigenvalue weighted by atomic mass is 9.90. The molecule has 2 nitrogen and oxygen atoms in total. The summed E-state index contributed by atoms with van der Waals surface area (Å²) < 4.78 is 0. The first-order valence-corrected chi connectivity index (χ1v) is 8.87. The van der Waals surface area contributed by atoms with Crippen LogP contribution in [0.3, 0.4) is 0 Å². The molecule has 1 aliphatic heterocycles. The Kier molecular flexibility index (Phi) is 6.07. The van der Waals surface area contributed by atoms with Crippen molar-refractivity contribution < 1.29 is 4.79 Å². The van der Waals surface area contributed by atoms with Crippen LogP contribution < -0.4 is 0 Å². The Balaban J connectivity index is 2.07. The summed E-state index contributed by atoms with van der Waals surface area (Å²) >= 11 is 1.66. The molecule has 1 fully saturated rings. The number of ketones is 1. The molecule has 1 heterocycles. The van der Waals surface area contributed by atoms with E-state index in [1.807, 2.05) is 30.5 Å². The van der Waals surface area contributed by atoms with Gasteiger partial charge in [-0.3, -0.25) is 9.69 Å². The minimum atomic E-state index is 0.151. The molecule has 0 spiro atoms. The van der Waals surface area contributed by atoms with Crippen molar-refractivity contribution in [3.05, 3.63) is 41.5 Å². The number of piperidine rings is 1. The van der Waals surface area contributed by atoms with Crippen molar-refractivity contribution in [1.29, 1.82) is 0 Å². The van der Waals surface area contributed by atoms with Gasteiger partial charge in [-0.1, -0.05) is 29.8 Å². The molecule has 0 saturated carbocycles. The van der Waals surface area contributed by atoms with E-state index >= 15 is 0 Å². The zero-order valence-corrected chi connectivity index (χ0v) is 14.1. The van der Waals surface area contributed by atoms with Crippen LogP contribution >= 0.6 is 11.8 Å². The second-order valence-electron chi connectivity index (χ2n) is 5.94. The Labute approximate surface area is 132 Å². The summed E-state index contributed by atoms with van der Waals surface area (Å²) in [4.78, 5) is 16.3. The van der Waals surface area contributed by atoms with E-state index in [4.69, 9.17) is 0 Å². The first kappa shape index (κ1) is 16.3. The van der Waals surface area contributed by atoms with Crippen LogP contribution in [-0.2, 0) is 0 Å². The lowest BCUT2D eigenvalue weighted by Gasteiger charge is -2.31. The van der Waals surface area contributed by atoms with Crippen molar-refractivity contribution in [1.82, 2.24) is 4.90 Å². The number of rotatable bonds is 5. The molecule has 0 radical (unpaired) electrons. The van der Waals surface area contributed by atoms with Gasteiger partial charge in [0, 0.05) is 29.5 Å². The van der Waals surface area contributed by atoms with Gasteiger partial charge in [0.15, 0.2) is 5.78 Å².